The Kier molecular flexibility index (Phi) is 156. The molecule has 0 radical (unpaired) electrons. The first kappa shape index (κ1) is 87.0. The largest absolute Gasteiger partial charge is 0.481 e. The van der Waals surface area contributed by atoms with Crippen LogP contribution in [-0.2, 0) is 9.59 Å². The van der Waals surface area contributed by atoms with Crippen molar-refractivity contribution in [1.82, 2.24) is 0 Å². The van der Waals surface area contributed by atoms with Gasteiger partial charge in [0.15, 0.2) is 28.2 Å². The fraction of sp³-hybridized carbons (Fsp3) is 0.409. The molecule has 360 valence electrons. The third kappa shape index (κ3) is 486. The molecule has 4 aromatic carbocycles. The van der Waals surface area contributed by atoms with Crippen molar-refractivity contribution in [2.75, 3.05) is 41.4 Å². The predicted octanol–water partition coefficient (Wildman–Crippen LogP) is 10.6. The lowest BCUT2D eigenvalue weighted by Gasteiger charge is -1.69. The van der Waals surface area contributed by atoms with Crippen LogP contribution >= 0.6 is 0 Å². The first-order valence-corrected chi connectivity index (χ1v) is 19.2. The summed E-state index contributed by atoms with van der Waals surface area (Å²) in [6, 6.07) is 48.0. The molecule has 18 nitrogen and oxygen atoms in total. The highest BCUT2D eigenvalue weighted by Gasteiger charge is 1.66. The highest BCUT2D eigenvalue weighted by Crippen LogP contribution is 1.81. The molecule has 0 fully saturated rings. The maximum absolute atomic E-state index is 9.00. The maximum Gasteiger partial charge on any atom is 0.300 e. The van der Waals surface area contributed by atoms with Crippen LogP contribution in [0.4, 0.5) is 0 Å². The molecule has 0 bridgehead atoms. The lowest BCUT2D eigenvalue weighted by atomic mass is 10.4. The summed E-state index contributed by atoms with van der Waals surface area (Å²) in [5.41, 5.74) is 0. The molecule has 18 heteroatoms. The van der Waals surface area contributed by atoms with Crippen molar-refractivity contribution in [3.8, 4) is 0 Å². The van der Waals surface area contributed by atoms with Gasteiger partial charge in [-0.1, -0.05) is 201 Å². The van der Waals surface area contributed by atoms with Crippen molar-refractivity contribution >= 4 is 11.9 Å². The average Bonchev–Trinajstić information content (AvgIpc) is 3.24. The number of hydrogen-bond donors (Lipinski definition) is 4. The van der Waals surface area contributed by atoms with Gasteiger partial charge >= 0.3 is 0 Å². The fourth-order valence-electron chi connectivity index (χ4n) is 1.54. The van der Waals surface area contributed by atoms with Crippen molar-refractivity contribution in [3.05, 3.63) is 186 Å². The molecule has 4 rings (SSSR count). The smallest absolute Gasteiger partial charge is 0.300 e. The number of nitro groups is 4. The Morgan fingerprint density at radius 3 is 0.371 bits per heavy atom. The van der Waals surface area contributed by atoms with E-state index in [-0.39, 0.29) is 13.2 Å². The van der Waals surface area contributed by atoms with Crippen molar-refractivity contribution in [2.45, 2.75) is 83.1 Å². The molecule has 4 N–H and O–H groups in total. The van der Waals surface area contributed by atoms with Gasteiger partial charge in [-0.15, -0.1) is 0 Å². The first-order chi connectivity index (χ1) is 29.2. The van der Waals surface area contributed by atoms with Crippen LogP contribution in [0.1, 0.15) is 83.1 Å². The lowest BCUT2D eigenvalue weighted by Crippen LogP contribution is -1.79. The zero-order chi connectivity index (χ0) is 51.8. The van der Waals surface area contributed by atoms with Crippen LogP contribution < -0.4 is 0 Å². The molecule has 4 aromatic rings. The maximum atomic E-state index is 9.00. The summed E-state index contributed by atoms with van der Waals surface area (Å²) in [4.78, 5) is 51.2. The third-order valence-corrected chi connectivity index (χ3v) is 2.67. The Balaban J connectivity index is -0.0000000437. The Hall–Kier alpha value is -6.66. The molecule has 62 heavy (non-hydrogen) atoms. The predicted molar refractivity (Wildman–Crippen MR) is 255 cm³/mol. The van der Waals surface area contributed by atoms with Crippen LogP contribution in [-0.4, -0.2) is 93.5 Å². The SMILES string of the molecule is CC.CC.CC.CC.CC(=O)O.CC(=O)O.CCO.CCO.C[N+](=O)[O-].C[N+](=O)[O-].C[N+](=O)[O-].C[N+](=O)[O-].c1ccccc1.c1ccccc1.c1ccccc1.c1ccccc1. The van der Waals surface area contributed by atoms with E-state index in [2.05, 4.69) is 0 Å². The van der Waals surface area contributed by atoms with Crippen LogP contribution in [0, 0.1) is 40.5 Å². The molecule has 0 saturated heterocycles. The molecule has 0 aromatic heterocycles. The molecule has 0 aliphatic carbocycles. The molecule has 0 unspecified atom stereocenters. The molecule has 0 spiro atoms. The van der Waals surface area contributed by atoms with Gasteiger partial charge in [-0.05, 0) is 13.8 Å². The number of carbonyl (C=O) groups is 2. The fourth-order valence-corrected chi connectivity index (χ4v) is 1.54. The second kappa shape index (κ2) is 111. The Morgan fingerprint density at radius 1 is 0.339 bits per heavy atom. The van der Waals surface area contributed by atoms with Crippen molar-refractivity contribution in [2.24, 2.45) is 0 Å². The molecule has 0 saturated carbocycles. The van der Waals surface area contributed by atoms with Crippen molar-refractivity contribution < 1.29 is 49.7 Å². The number of aliphatic hydroxyl groups excluding tert-OH is 2. The van der Waals surface area contributed by atoms with Gasteiger partial charge in [0.25, 0.3) is 11.9 Å². The van der Waals surface area contributed by atoms with E-state index >= 15 is 0 Å². The zero-order valence-corrected chi connectivity index (χ0v) is 39.9. The Bertz CT molecular complexity index is 930. The van der Waals surface area contributed by atoms with Crippen LogP contribution in [0.25, 0.3) is 0 Å². The van der Waals surface area contributed by atoms with E-state index in [9.17, 15) is 0 Å². The highest BCUT2D eigenvalue weighted by atomic mass is 16.6. The molecular formula is C44H80N4O14. The van der Waals surface area contributed by atoms with Crippen LogP contribution in [0.2, 0.25) is 0 Å². The monoisotopic (exact) mass is 889 g/mol. The second-order valence-electron chi connectivity index (χ2n) is 8.05. The zero-order valence-electron chi connectivity index (χ0n) is 39.9. The summed E-state index contributed by atoms with van der Waals surface area (Å²) >= 11 is 0. The number of aliphatic carboxylic acids is 2. The Labute approximate surface area is 371 Å². The lowest BCUT2D eigenvalue weighted by molar-refractivity contribution is -0.445. The minimum absolute atomic E-state index is 0.250. The summed E-state index contributed by atoms with van der Waals surface area (Å²) in [5, 5.41) is 65.2. The number of carboxylic acids is 2. The Morgan fingerprint density at radius 2 is 0.355 bits per heavy atom. The normalized spacial score (nSPS) is 6.48. The summed E-state index contributed by atoms with van der Waals surface area (Å²) < 4.78 is 0. The van der Waals surface area contributed by atoms with Gasteiger partial charge in [-0.25, -0.2) is 0 Å². The average molecular weight is 889 g/mol. The summed E-state index contributed by atoms with van der Waals surface area (Å²) in [5.74, 6) is -1.67. The van der Waals surface area contributed by atoms with Gasteiger partial charge in [0.05, 0.1) is 0 Å². The van der Waals surface area contributed by atoms with Gasteiger partial charge in [-0.3, -0.25) is 50.0 Å². The summed E-state index contributed by atoms with van der Waals surface area (Å²) in [7, 11) is 3.56. The number of carboxylic acid groups (broad SMARTS) is 2. The number of hydrogen-bond acceptors (Lipinski definition) is 12. The van der Waals surface area contributed by atoms with E-state index in [1.165, 1.54) is 0 Å². The van der Waals surface area contributed by atoms with Crippen molar-refractivity contribution in [3.63, 3.8) is 0 Å². The summed E-state index contributed by atoms with van der Waals surface area (Å²) in [6.07, 6.45) is 0. The molecule has 0 amide bonds. The van der Waals surface area contributed by atoms with E-state index in [0.29, 0.717) is 0 Å². The third-order valence-electron chi connectivity index (χ3n) is 2.67. The van der Waals surface area contributed by atoms with Gasteiger partial charge in [-0.2, -0.15) is 0 Å². The van der Waals surface area contributed by atoms with E-state index < -0.39 is 31.6 Å². The van der Waals surface area contributed by atoms with Crippen LogP contribution in [0.3, 0.4) is 0 Å². The topological polar surface area (TPSA) is 288 Å². The first-order valence-electron chi connectivity index (χ1n) is 19.2. The van der Waals surface area contributed by atoms with Crippen LogP contribution in [0.15, 0.2) is 146 Å². The molecule has 0 atom stereocenters. The molecule has 0 aliphatic rings. The van der Waals surface area contributed by atoms with Gasteiger partial charge in [0, 0.05) is 46.8 Å². The highest BCUT2D eigenvalue weighted by molar-refractivity contribution is 5.63. The number of aliphatic hydroxyl groups is 2. The van der Waals surface area contributed by atoms with Gasteiger partial charge < -0.3 is 20.4 Å². The quantitative estimate of drug-likeness (QED) is 0.0943. The molecular weight excluding hydrogens is 808 g/mol. The van der Waals surface area contributed by atoms with Crippen molar-refractivity contribution in [1.29, 1.82) is 0 Å². The molecule has 0 aliphatic heterocycles. The minimum atomic E-state index is -0.833. The second-order valence-corrected chi connectivity index (χ2v) is 8.05. The molecule has 0 heterocycles. The van der Waals surface area contributed by atoms with Crippen LogP contribution in [0.5, 0.6) is 0 Å². The van der Waals surface area contributed by atoms with E-state index in [4.69, 9.17) is 70.5 Å². The number of nitrogens with zero attached hydrogens (tertiary/aromatic N) is 4. The summed E-state index contributed by atoms with van der Waals surface area (Å²) in [6.45, 7) is 22.0. The van der Waals surface area contributed by atoms with E-state index in [1.807, 2.05) is 201 Å². The number of benzene rings is 4. The van der Waals surface area contributed by atoms with E-state index in [1.54, 1.807) is 13.8 Å². The minimum Gasteiger partial charge on any atom is -0.481 e. The van der Waals surface area contributed by atoms with Gasteiger partial charge in [0.2, 0.25) is 0 Å². The number of rotatable bonds is 0. The standard InChI is InChI=1S/4C6H6.2C2H4O2.2C2H6O.4C2H6.4CH3NO2/c4*1-2-4-6-5-3-1;2*1-2(3)4;2*1-2-3;4*1-2;4*1-2(3)4/h4*1-6H;2*1H3,(H,3,4);2*3H,2H2,1H3;4*1-2H3;4*1H3. The van der Waals surface area contributed by atoms with E-state index in [0.717, 1.165) is 42.0 Å². The van der Waals surface area contributed by atoms with Gasteiger partial charge in [0.1, 0.15) is 0 Å².